The molecule has 0 bridgehead atoms. The molecule has 0 radical (unpaired) electrons. The summed E-state index contributed by atoms with van der Waals surface area (Å²) in [6.45, 7) is 1.03. The van der Waals surface area contributed by atoms with Gasteiger partial charge in [0.1, 0.15) is 16.7 Å². The number of nitrogens with one attached hydrogen (secondary N) is 1. The lowest BCUT2D eigenvalue weighted by atomic mass is 10.1. The maximum Gasteiger partial charge on any atom is 0.237 e. The van der Waals surface area contributed by atoms with Gasteiger partial charge in [-0.3, -0.25) is 4.79 Å². The summed E-state index contributed by atoms with van der Waals surface area (Å²) in [7, 11) is 0. The molecule has 2 heterocycles. The van der Waals surface area contributed by atoms with Crippen LogP contribution < -0.4 is 10.1 Å². The number of nitrogens with zero attached hydrogens (tertiary/aromatic N) is 2. The van der Waals surface area contributed by atoms with E-state index in [4.69, 9.17) is 4.74 Å². The maximum absolute atomic E-state index is 12.8. The molecule has 1 saturated heterocycles. The van der Waals surface area contributed by atoms with Gasteiger partial charge in [0.15, 0.2) is 0 Å². The minimum Gasteiger partial charge on any atom is -0.495 e. The third-order valence-electron chi connectivity index (χ3n) is 4.80. The molecule has 0 spiro atoms. The summed E-state index contributed by atoms with van der Waals surface area (Å²) in [5.74, 6) is 2.53. The molecule has 7 heteroatoms. The number of amides is 1. The number of thioether (sulfide) groups is 1. The molecule has 0 aliphatic carbocycles. The molecule has 2 aliphatic heterocycles. The van der Waals surface area contributed by atoms with Crippen LogP contribution in [0.2, 0.25) is 0 Å². The Hall–Kier alpha value is -2.93. The summed E-state index contributed by atoms with van der Waals surface area (Å²) < 4.78 is 5.83. The molecule has 2 aromatic rings. The summed E-state index contributed by atoms with van der Waals surface area (Å²) in [4.78, 5) is 18.6. The van der Waals surface area contributed by atoms with Gasteiger partial charge in [-0.2, -0.15) is 0 Å². The first-order valence-corrected chi connectivity index (χ1v) is 10.6. The first-order chi connectivity index (χ1) is 14.2. The van der Waals surface area contributed by atoms with Crippen LogP contribution in [0.1, 0.15) is 17.2 Å². The fourth-order valence-corrected chi connectivity index (χ4v) is 4.60. The number of aliphatic hydroxyl groups is 1. The van der Waals surface area contributed by atoms with Crippen LogP contribution in [0.5, 0.6) is 11.5 Å². The number of carbonyl (C=O) groups is 1. The monoisotopic (exact) mass is 409 g/mol. The van der Waals surface area contributed by atoms with Crippen molar-refractivity contribution in [2.24, 2.45) is 4.99 Å². The third-order valence-corrected chi connectivity index (χ3v) is 6.09. The Morgan fingerprint density at radius 3 is 2.66 bits per heavy atom. The van der Waals surface area contributed by atoms with Crippen molar-refractivity contribution in [1.82, 2.24) is 10.2 Å². The smallest absolute Gasteiger partial charge is 0.237 e. The van der Waals surface area contributed by atoms with Crippen LogP contribution in [0.25, 0.3) is 0 Å². The van der Waals surface area contributed by atoms with Crippen molar-refractivity contribution in [3.8, 4) is 11.5 Å². The van der Waals surface area contributed by atoms with E-state index in [-0.39, 0.29) is 23.1 Å². The van der Waals surface area contributed by atoms with Crippen molar-refractivity contribution in [3.63, 3.8) is 0 Å². The van der Waals surface area contributed by atoms with Crippen LogP contribution in [-0.2, 0) is 4.79 Å². The Balaban J connectivity index is 1.37. The van der Waals surface area contributed by atoms with E-state index >= 15 is 0 Å². The molecule has 2 aliphatic rings. The zero-order chi connectivity index (χ0) is 20.1. The zero-order valence-electron chi connectivity index (χ0n) is 15.9. The Kier molecular flexibility index (Phi) is 6.05. The largest absolute Gasteiger partial charge is 0.495 e. The summed E-state index contributed by atoms with van der Waals surface area (Å²) in [6, 6.07) is 17.4. The molecule has 6 nitrogen and oxygen atoms in total. The van der Waals surface area contributed by atoms with Gasteiger partial charge in [0.05, 0.1) is 6.54 Å². The first kappa shape index (κ1) is 19.4. The van der Waals surface area contributed by atoms with Gasteiger partial charge < -0.3 is 20.1 Å². The van der Waals surface area contributed by atoms with Crippen LogP contribution in [0.15, 0.2) is 72.0 Å². The Bertz CT molecular complexity index is 899. The second kappa shape index (κ2) is 9.05. The average molecular weight is 410 g/mol. The Morgan fingerprint density at radius 2 is 1.90 bits per heavy atom. The van der Waals surface area contributed by atoms with Gasteiger partial charge in [-0.15, -0.1) is 11.8 Å². The van der Waals surface area contributed by atoms with Crippen molar-refractivity contribution in [1.29, 1.82) is 0 Å². The highest BCUT2D eigenvalue weighted by Gasteiger charge is 2.28. The van der Waals surface area contributed by atoms with E-state index < -0.39 is 0 Å². The summed E-state index contributed by atoms with van der Waals surface area (Å²) in [5, 5.41) is 12.5. The lowest BCUT2D eigenvalue weighted by Crippen LogP contribution is -2.44. The lowest BCUT2D eigenvalue weighted by Gasteiger charge is -2.26. The van der Waals surface area contributed by atoms with Crippen molar-refractivity contribution in [3.05, 3.63) is 72.6 Å². The number of benzene rings is 2. The highest BCUT2D eigenvalue weighted by atomic mass is 32.2. The van der Waals surface area contributed by atoms with Gasteiger partial charge in [-0.25, -0.2) is 4.99 Å². The van der Waals surface area contributed by atoms with E-state index in [1.807, 2.05) is 65.7 Å². The lowest BCUT2D eigenvalue weighted by molar-refractivity contribution is -0.121. The fourth-order valence-electron chi connectivity index (χ4n) is 3.37. The van der Waals surface area contributed by atoms with E-state index in [1.54, 1.807) is 18.0 Å². The van der Waals surface area contributed by atoms with Crippen molar-refractivity contribution in [2.45, 2.75) is 17.7 Å². The van der Waals surface area contributed by atoms with E-state index in [2.05, 4.69) is 10.3 Å². The van der Waals surface area contributed by atoms with Crippen LogP contribution >= 0.6 is 11.8 Å². The summed E-state index contributed by atoms with van der Waals surface area (Å²) in [5.41, 5.74) is 0.969. The Morgan fingerprint density at radius 1 is 1.14 bits per heavy atom. The molecule has 150 valence electrons. The van der Waals surface area contributed by atoms with Crippen LogP contribution in [0, 0.1) is 0 Å². The number of hydrogen-bond acceptors (Lipinski definition) is 5. The molecule has 1 amide bonds. The van der Waals surface area contributed by atoms with Gasteiger partial charge in [0.2, 0.25) is 11.8 Å². The molecular formula is C22H23N3O3S. The molecule has 29 heavy (non-hydrogen) atoms. The molecule has 2 N–H and O–H groups in total. The minimum atomic E-state index is -0.238. The highest BCUT2D eigenvalue weighted by Crippen LogP contribution is 2.33. The summed E-state index contributed by atoms with van der Waals surface area (Å²) >= 11 is 1.66. The molecule has 0 aromatic heterocycles. The van der Waals surface area contributed by atoms with Crippen molar-refractivity contribution < 1.29 is 14.6 Å². The quantitative estimate of drug-likeness (QED) is 0.784. The van der Waals surface area contributed by atoms with Crippen molar-refractivity contribution >= 4 is 23.6 Å². The molecule has 0 unspecified atom stereocenters. The van der Waals surface area contributed by atoms with Gasteiger partial charge in [0, 0.05) is 25.0 Å². The number of carbonyl (C=O) groups excluding carboxylic acids is 1. The van der Waals surface area contributed by atoms with E-state index in [9.17, 15) is 9.90 Å². The van der Waals surface area contributed by atoms with Crippen LogP contribution in [-0.4, -0.2) is 46.7 Å². The van der Waals surface area contributed by atoms with E-state index in [1.165, 1.54) is 0 Å². The van der Waals surface area contributed by atoms with Crippen molar-refractivity contribution in [2.75, 3.05) is 18.8 Å². The van der Waals surface area contributed by atoms with E-state index in [0.717, 1.165) is 29.2 Å². The van der Waals surface area contributed by atoms with Gasteiger partial charge >= 0.3 is 0 Å². The number of aliphatic imine (C=N–C) groups is 1. The fraction of sp³-hybridized carbons (Fsp3) is 0.273. The number of aliphatic hydroxyl groups excluding tert-OH is 1. The maximum atomic E-state index is 12.8. The second-order valence-corrected chi connectivity index (χ2v) is 8.22. The second-order valence-electron chi connectivity index (χ2n) is 7.00. The number of ether oxygens (including phenoxy) is 1. The minimum absolute atomic E-state index is 0.0214. The molecule has 2 aromatic carbocycles. The Labute approximate surface area is 174 Å². The van der Waals surface area contributed by atoms with Crippen LogP contribution in [0.4, 0.5) is 0 Å². The van der Waals surface area contributed by atoms with E-state index in [0.29, 0.717) is 13.1 Å². The number of hydrogen-bond donors (Lipinski definition) is 2. The van der Waals surface area contributed by atoms with Gasteiger partial charge in [0.25, 0.3) is 0 Å². The molecule has 2 atom stereocenters. The standard InChI is InChI=1S/C22H23N3O3S/c26-20-15-25(12-11-23-20)14-17-10-13-29-21(22(27)24-17)16-6-8-19(9-7-16)28-18-4-2-1-3-5-18/h1-9,11-12,17,21H,10,13-15H2,(H,23,26)(H,24,27)/t17-,21+/m0/s1. The normalized spacial score (nSPS) is 21.9. The molecule has 4 rings (SSSR count). The molecule has 0 saturated carbocycles. The predicted octanol–water partition coefficient (Wildman–Crippen LogP) is 3.89. The first-order valence-electron chi connectivity index (χ1n) is 9.58. The highest BCUT2D eigenvalue weighted by molar-refractivity contribution is 8.00. The number of para-hydroxylation sites is 1. The zero-order valence-corrected chi connectivity index (χ0v) is 16.7. The van der Waals surface area contributed by atoms with Crippen LogP contribution in [0.3, 0.4) is 0 Å². The van der Waals surface area contributed by atoms with Gasteiger partial charge in [-0.05, 0) is 42.0 Å². The average Bonchev–Trinajstić information content (AvgIpc) is 2.90. The topological polar surface area (TPSA) is 74.2 Å². The predicted molar refractivity (Wildman–Crippen MR) is 115 cm³/mol. The molecule has 1 fully saturated rings. The SMILES string of the molecule is O=C1N[C@H](CN2C=CN=C(O)C2)CCS[C@@H]1c1ccc(Oc2ccccc2)cc1. The summed E-state index contributed by atoms with van der Waals surface area (Å²) in [6.07, 6.45) is 4.30. The van der Waals surface area contributed by atoms with Gasteiger partial charge in [-0.1, -0.05) is 30.3 Å². The third kappa shape index (κ3) is 5.12. The molecular weight excluding hydrogens is 386 g/mol. The number of rotatable bonds is 5.